The minimum absolute atomic E-state index is 0. The minimum atomic E-state index is -0.997. The summed E-state index contributed by atoms with van der Waals surface area (Å²) >= 11 is 0. The first-order chi connectivity index (χ1) is 32.2. The van der Waals surface area contributed by atoms with Gasteiger partial charge in [-0.3, -0.25) is 43.2 Å². The zero-order chi connectivity index (χ0) is 47.4. The maximum Gasteiger partial charge on any atom is 0.329 e. The van der Waals surface area contributed by atoms with E-state index in [2.05, 4.69) is 16.0 Å². The Balaban J connectivity index is 0.00000684. The lowest BCUT2D eigenvalue weighted by Gasteiger charge is -2.38. The van der Waals surface area contributed by atoms with Crippen molar-refractivity contribution in [3.8, 4) is 0 Å². The maximum absolute atomic E-state index is 14.2. The third kappa shape index (κ3) is 11.1. The summed E-state index contributed by atoms with van der Waals surface area (Å²) in [6.45, 7) is 4.03. The second kappa shape index (κ2) is 21.9. The molecular formula is C52H65N7O8S. The molecule has 0 radical (unpaired) electrons. The molecule has 6 amide bonds. The minimum Gasteiger partial charge on any atom is -0.343 e. The highest BCUT2D eigenvalue weighted by molar-refractivity contribution is 7.59. The van der Waals surface area contributed by atoms with Crippen molar-refractivity contribution in [1.29, 1.82) is 0 Å². The number of nitrogens with one attached hydrogen (secondary N) is 3. The van der Waals surface area contributed by atoms with Gasteiger partial charge in [-0.2, -0.15) is 13.5 Å². The van der Waals surface area contributed by atoms with Crippen molar-refractivity contribution in [2.75, 3.05) is 13.1 Å². The van der Waals surface area contributed by atoms with Crippen LogP contribution in [0, 0.1) is 17.8 Å². The first-order valence-corrected chi connectivity index (χ1v) is 24.1. The fourth-order valence-corrected chi connectivity index (χ4v) is 10.9. The average Bonchev–Trinajstić information content (AvgIpc) is 3.85. The zero-order valence-corrected chi connectivity index (χ0v) is 40.3. The Kier molecular flexibility index (Phi) is 16.1. The fourth-order valence-electron chi connectivity index (χ4n) is 10.9. The number of imidazole rings is 1. The van der Waals surface area contributed by atoms with E-state index in [0.717, 1.165) is 54.3 Å². The summed E-state index contributed by atoms with van der Waals surface area (Å²) in [4.78, 5) is 110. The molecule has 1 saturated carbocycles. The third-order valence-electron chi connectivity index (χ3n) is 14.7. The number of carbonyl (C=O) groups excluding carboxylic acids is 7. The molecule has 0 spiro atoms. The van der Waals surface area contributed by atoms with Gasteiger partial charge in [-0.25, -0.2) is 4.79 Å². The van der Waals surface area contributed by atoms with Crippen LogP contribution in [0.4, 0.5) is 0 Å². The number of hydrogen-bond acceptors (Lipinski definition) is 8. The molecule has 16 heteroatoms. The van der Waals surface area contributed by atoms with Crippen LogP contribution in [-0.2, 0) is 47.0 Å². The van der Waals surface area contributed by atoms with E-state index < -0.39 is 47.8 Å². The molecule has 1 aromatic heterocycles. The van der Waals surface area contributed by atoms with Crippen LogP contribution >= 0.6 is 13.5 Å². The van der Waals surface area contributed by atoms with E-state index in [1.807, 2.05) is 90.7 Å². The number of ketones is 1. The number of hydrogen-bond donors (Lipinski definition) is 3. The van der Waals surface area contributed by atoms with Crippen LogP contribution < -0.4 is 21.6 Å². The predicted octanol–water partition coefficient (Wildman–Crippen LogP) is 5.16. The van der Waals surface area contributed by atoms with Gasteiger partial charge < -0.3 is 25.2 Å². The van der Waals surface area contributed by atoms with Gasteiger partial charge in [0.15, 0.2) is 0 Å². The highest BCUT2D eigenvalue weighted by Gasteiger charge is 2.45. The summed E-state index contributed by atoms with van der Waals surface area (Å²) in [6.07, 6.45) is 7.33. The molecule has 362 valence electrons. The highest BCUT2D eigenvalue weighted by Crippen LogP contribution is 2.36. The quantitative estimate of drug-likeness (QED) is 0.145. The molecule has 4 heterocycles. The van der Waals surface area contributed by atoms with E-state index in [1.54, 1.807) is 16.5 Å². The van der Waals surface area contributed by atoms with Crippen molar-refractivity contribution in [3.05, 3.63) is 106 Å². The van der Waals surface area contributed by atoms with Crippen molar-refractivity contribution >= 4 is 65.8 Å². The molecule has 0 unspecified atom stereocenters. The van der Waals surface area contributed by atoms with Crippen molar-refractivity contribution in [2.45, 2.75) is 128 Å². The summed E-state index contributed by atoms with van der Waals surface area (Å²) in [7, 11) is 1.70. The number of amides is 6. The number of carbonyl (C=O) groups is 7. The SMILES string of the molecule is CC(=O)CC[C@H](NC(=O)[C@@H]1CC[C@@H]2CCN(C(=O)CC3CCC(Cc4ccc5c(c4)n(C)c(=O)n5[C@H]4CCC(=O)NC4=O)CC3)C[C@H](C)C(=O)N21)C(=O)NC(c1ccccc1)c1ccccc1.S. The lowest BCUT2D eigenvalue weighted by molar-refractivity contribution is -0.147. The molecule has 3 N–H and O–H groups in total. The number of imide groups is 1. The Morgan fingerprint density at radius 3 is 2.09 bits per heavy atom. The van der Waals surface area contributed by atoms with Gasteiger partial charge in [0.05, 0.1) is 23.0 Å². The second-order valence-electron chi connectivity index (χ2n) is 19.4. The molecule has 8 rings (SSSR count). The van der Waals surface area contributed by atoms with Gasteiger partial charge in [-0.1, -0.05) is 73.7 Å². The van der Waals surface area contributed by atoms with E-state index in [4.69, 9.17) is 0 Å². The lowest BCUT2D eigenvalue weighted by atomic mass is 9.78. The first-order valence-electron chi connectivity index (χ1n) is 24.1. The second-order valence-corrected chi connectivity index (χ2v) is 19.4. The topological polar surface area (TPSA) is 189 Å². The predicted molar refractivity (Wildman–Crippen MR) is 261 cm³/mol. The van der Waals surface area contributed by atoms with Crippen LogP contribution in [0.2, 0.25) is 0 Å². The van der Waals surface area contributed by atoms with Gasteiger partial charge in [0, 0.05) is 45.4 Å². The maximum atomic E-state index is 14.2. The van der Waals surface area contributed by atoms with Crippen molar-refractivity contribution < 1.29 is 33.6 Å². The molecule has 68 heavy (non-hydrogen) atoms. The molecule has 3 aromatic carbocycles. The van der Waals surface area contributed by atoms with Crippen molar-refractivity contribution in [2.24, 2.45) is 24.8 Å². The first kappa shape index (κ1) is 49.9. The van der Waals surface area contributed by atoms with Crippen molar-refractivity contribution in [1.82, 2.24) is 34.9 Å². The molecule has 4 aromatic rings. The van der Waals surface area contributed by atoms with Crippen LogP contribution in [-0.4, -0.2) is 91.4 Å². The van der Waals surface area contributed by atoms with Gasteiger partial charge in [0.2, 0.25) is 35.4 Å². The Hall–Kier alpha value is -6.03. The molecule has 4 fully saturated rings. The Labute approximate surface area is 404 Å². The molecule has 3 saturated heterocycles. The normalized spacial score (nSPS) is 23.5. The summed E-state index contributed by atoms with van der Waals surface area (Å²) in [5.41, 5.74) is 3.99. The Morgan fingerprint density at radius 1 is 0.779 bits per heavy atom. The number of rotatable bonds is 14. The van der Waals surface area contributed by atoms with Crippen LogP contribution in [0.5, 0.6) is 0 Å². The summed E-state index contributed by atoms with van der Waals surface area (Å²) in [6, 6.07) is 21.9. The van der Waals surface area contributed by atoms with Crippen molar-refractivity contribution in [3.63, 3.8) is 0 Å². The standard InChI is InChI=1S/C52H63N7O8.H2S/c1-32-31-57(46(62)30-35-17-15-34(16-18-35)28-36-19-22-41-44(29-36)56(3)52(67)59(41)43-24-25-45(61)54-50(43)65)27-26-39-20-23-42(58(39)51(32)66)49(64)53-40(21-14-33(2)60)48(63)55-47(37-10-6-4-7-11-37)38-12-8-5-9-13-38;/h4-13,19,22,29,32,34-35,39-40,42-43,47H,14-18,20-21,23-28,30-31H2,1-3H3,(H,53,64)(H,55,63)(H,54,61,65);1H2/t32-,34?,35?,39+,40-,42-,43-;/m0./s1. The Bertz CT molecular complexity index is 2530. The number of nitrogens with zero attached hydrogens (tertiary/aromatic N) is 4. The van der Waals surface area contributed by atoms with Gasteiger partial charge in [0.1, 0.15) is 23.9 Å². The number of benzene rings is 3. The van der Waals surface area contributed by atoms with E-state index in [0.29, 0.717) is 43.7 Å². The summed E-state index contributed by atoms with van der Waals surface area (Å²) in [5, 5.41) is 8.43. The third-order valence-corrected chi connectivity index (χ3v) is 14.7. The molecule has 15 nitrogen and oxygen atoms in total. The highest BCUT2D eigenvalue weighted by atomic mass is 32.1. The van der Waals surface area contributed by atoms with E-state index in [9.17, 15) is 38.4 Å². The van der Waals surface area contributed by atoms with E-state index in [-0.39, 0.29) is 86.9 Å². The average molecular weight is 948 g/mol. The smallest absolute Gasteiger partial charge is 0.329 e. The number of aryl methyl sites for hydroxylation is 1. The molecular weight excluding hydrogens is 883 g/mol. The molecule has 5 atom stereocenters. The van der Waals surface area contributed by atoms with Crippen LogP contribution in [0.15, 0.2) is 83.7 Å². The summed E-state index contributed by atoms with van der Waals surface area (Å²) in [5.74, 6) is -1.68. The van der Waals surface area contributed by atoms with Gasteiger partial charge in [-0.15, -0.1) is 0 Å². The monoisotopic (exact) mass is 947 g/mol. The van der Waals surface area contributed by atoms with Gasteiger partial charge >= 0.3 is 5.69 Å². The van der Waals surface area contributed by atoms with Crippen LogP contribution in [0.3, 0.4) is 0 Å². The number of aromatic nitrogens is 2. The van der Waals surface area contributed by atoms with Gasteiger partial charge in [-0.05, 0) is 112 Å². The number of fused-ring (bicyclic) bond motifs is 2. The Morgan fingerprint density at radius 2 is 1.44 bits per heavy atom. The van der Waals surface area contributed by atoms with E-state index in [1.165, 1.54) is 11.5 Å². The lowest BCUT2D eigenvalue weighted by Crippen LogP contribution is -2.57. The van der Waals surface area contributed by atoms with Crippen LogP contribution in [0.1, 0.15) is 120 Å². The zero-order valence-electron chi connectivity index (χ0n) is 39.3. The molecule has 3 aliphatic heterocycles. The number of piperidine rings is 1. The largest absolute Gasteiger partial charge is 0.343 e. The van der Waals surface area contributed by atoms with Gasteiger partial charge in [0.25, 0.3) is 0 Å². The molecule has 4 aliphatic rings. The molecule has 0 bridgehead atoms. The molecule has 1 aliphatic carbocycles. The fraction of sp³-hybridized carbons (Fsp3) is 0.500. The van der Waals surface area contributed by atoms with Crippen LogP contribution in [0.25, 0.3) is 11.0 Å². The summed E-state index contributed by atoms with van der Waals surface area (Å²) < 4.78 is 3.07. The van der Waals surface area contributed by atoms with E-state index >= 15 is 0 Å². The number of Topliss-reactive ketones (excluding diaryl/α,β-unsaturated/α-hetero) is 1.